The third-order valence-corrected chi connectivity index (χ3v) is 4.57. The number of nitrogens with zero attached hydrogens (tertiary/aromatic N) is 4. The molecule has 1 aliphatic heterocycles. The number of nitrogens with one attached hydrogen (secondary N) is 1. The van der Waals surface area contributed by atoms with Gasteiger partial charge in [0.05, 0.1) is 0 Å². The standard InChI is InChI=1S/C20H23N5O3/c1-20(2)9-15-6-3-7-16(18(15)28-20)27-12-17(26)21-8-4-5-14-10-22-19-23-13-24-25(19)11-14/h3,6-7,10-11,13H,4-5,8-9,12H2,1-2H3,(H,21,26). The van der Waals surface area contributed by atoms with Crippen LogP contribution in [0.25, 0.3) is 5.78 Å². The van der Waals surface area contributed by atoms with Crippen molar-refractivity contribution in [2.45, 2.75) is 38.7 Å². The maximum atomic E-state index is 12.1. The van der Waals surface area contributed by atoms with Gasteiger partial charge in [-0.1, -0.05) is 12.1 Å². The molecule has 8 heteroatoms. The van der Waals surface area contributed by atoms with E-state index in [0.29, 0.717) is 18.1 Å². The second-order valence-electron chi connectivity index (χ2n) is 7.49. The van der Waals surface area contributed by atoms with Gasteiger partial charge in [-0.3, -0.25) is 4.79 Å². The number of ether oxygens (including phenoxy) is 2. The normalized spacial score (nSPS) is 14.5. The molecule has 1 aliphatic rings. The predicted octanol–water partition coefficient (Wildman–Crippen LogP) is 1.97. The Bertz CT molecular complexity index is 998. The van der Waals surface area contributed by atoms with E-state index < -0.39 is 0 Å². The van der Waals surface area contributed by atoms with E-state index in [-0.39, 0.29) is 18.1 Å². The summed E-state index contributed by atoms with van der Waals surface area (Å²) in [4.78, 5) is 20.3. The molecule has 0 aliphatic carbocycles. The van der Waals surface area contributed by atoms with E-state index >= 15 is 0 Å². The zero-order valence-electron chi connectivity index (χ0n) is 16.0. The second-order valence-corrected chi connectivity index (χ2v) is 7.49. The lowest BCUT2D eigenvalue weighted by molar-refractivity contribution is -0.123. The maximum absolute atomic E-state index is 12.1. The highest BCUT2D eigenvalue weighted by Gasteiger charge is 2.32. The van der Waals surface area contributed by atoms with Crippen molar-refractivity contribution in [2.75, 3.05) is 13.2 Å². The van der Waals surface area contributed by atoms with Gasteiger partial charge < -0.3 is 14.8 Å². The minimum atomic E-state index is -0.242. The summed E-state index contributed by atoms with van der Waals surface area (Å²) in [7, 11) is 0. The molecule has 3 aromatic rings. The fourth-order valence-electron chi connectivity index (χ4n) is 3.30. The molecule has 0 saturated heterocycles. The highest BCUT2D eigenvalue weighted by molar-refractivity contribution is 5.77. The molecule has 1 amide bonds. The molecule has 146 valence electrons. The average molecular weight is 381 g/mol. The monoisotopic (exact) mass is 381 g/mol. The smallest absolute Gasteiger partial charge is 0.257 e. The van der Waals surface area contributed by atoms with E-state index in [9.17, 15) is 4.79 Å². The summed E-state index contributed by atoms with van der Waals surface area (Å²) in [6, 6.07) is 5.79. The predicted molar refractivity (Wildman–Crippen MR) is 102 cm³/mol. The number of aromatic nitrogens is 4. The van der Waals surface area contributed by atoms with Gasteiger partial charge in [0, 0.05) is 30.9 Å². The Balaban J connectivity index is 1.22. The fourth-order valence-corrected chi connectivity index (χ4v) is 3.30. The molecule has 3 heterocycles. The summed E-state index contributed by atoms with van der Waals surface area (Å²) in [6.45, 7) is 4.61. The first-order valence-electron chi connectivity index (χ1n) is 9.35. The highest BCUT2D eigenvalue weighted by atomic mass is 16.5. The molecular weight excluding hydrogens is 358 g/mol. The lowest BCUT2D eigenvalue weighted by Crippen LogP contribution is -2.30. The number of hydrogen-bond donors (Lipinski definition) is 1. The number of carbonyl (C=O) groups is 1. The van der Waals surface area contributed by atoms with Crippen LogP contribution in [0.5, 0.6) is 11.5 Å². The summed E-state index contributed by atoms with van der Waals surface area (Å²) in [6.07, 6.45) is 7.58. The molecule has 0 radical (unpaired) electrons. The summed E-state index contributed by atoms with van der Waals surface area (Å²) in [5, 5.41) is 6.95. The van der Waals surface area contributed by atoms with Crippen LogP contribution >= 0.6 is 0 Å². The van der Waals surface area contributed by atoms with Gasteiger partial charge in [0.2, 0.25) is 0 Å². The minimum Gasteiger partial charge on any atom is -0.483 e. The van der Waals surface area contributed by atoms with Gasteiger partial charge in [-0.25, -0.2) is 9.50 Å². The Morgan fingerprint density at radius 2 is 2.25 bits per heavy atom. The molecule has 4 rings (SSSR count). The second kappa shape index (κ2) is 7.46. The van der Waals surface area contributed by atoms with Crippen molar-refractivity contribution in [2.24, 2.45) is 0 Å². The van der Waals surface area contributed by atoms with Crippen molar-refractivity contribution in [3.63, 3.8) is 0 Å². The molecule has 1 aromatic carbocycles. The Labute approximate surface area is 162 Å². The topological polar surface area (TPSA) is 90.6 Å². The number of hydrogen-bond acceptors (Lipinski definition) is 6. The summed E-state index contributed by atoms with van der Waals surface area (Å²) < 4.78 is 13.3. The van der Waals surface area contributed by atoms with Crippen molar-refractivity contribution < 1.29 is 14.3 Å². The lowest BCUT2D eigenvalue weighted by atomic mass is 10.0. The molecule has 28 heavy (non-hydrogen) atoms. The SMILES string of the molecule is CC1(C)Cc2cccc(OCC(=O)NCCCc3cnc4ncnn4c3)c2O1. The molecule has 1 N–H and O–H groups in total. The van der Waals surface area contributed by atoms with Crippen molar-refractivity contribution >= 4 is 11.7 Å². The zero-order valence-corrected chi connectivity index (χ0v) is 16.0. The van der Waals surface area contributed by atoms with Crippen LogP contribution in [0.4, 0.5) is 0 Å². The molecule has 0 fully saturated rings. The van der Waals surface area contributed by atoms with E-state index in [2.05, 4.69) is 20.4 Å². The molecule has 8 nitrogen and oxygen atoms in total. The van der Waals surface area contributed by atoms with E-state index in [1.165, 1.54) is 6.33 Å². The van der Waals surface area contributed by atoms with Crippen LogP contribution < -0.4 is 14.8 Å². The lowest BCUT2D eigenvalue weighted by Gasteiger charge is -2.18. The number of aryl methyl sites for hydroxylation is 1. The number of fused-ring (bicyclic) bond motifs is 2. The zero-order chi connectivity index (χ0) is 19.6. The van der Waals surface area contributed by atoms with Crippen LogP contribution in [0.3, 0.4) is 0 Å². The maximum Gasteiger partial charge on any atom is 0.257 e. The van der Waals surface area contributed by atoms with Gasteiger partial charge >= 0.3 is 0 Å². The number of carbonyl (C=O) groups excluding carboxylic acids is 1. The molecule has 0 bridgehead atoms. The highest BCUT2D eigenvalue weighted by Crippen LogP contribution is 2.41. The van der Waals surface area contributed by atoms with Crippen molar-refractivity contribution in [3.05, 3.63) is 48.0 Å². The molecule has 0 unspecified atom stereocenters. The third-order valence-electron chi connectivity index (χ3n) is 4.57. The van der Waals surface area contributed by atoms with Crippen LogP contribution in [0, 0.1) is 0 Å². The molecule has 0 saturated carbocycles. The van der Waals surface area contributed by atoms with Gasteiger partial charge in [0.25, 0.3) is 11.7 Å². The number of rotatable bonds is 7. The Morgan fingerprint density at radius 3 is 3.14 bits per heavy atom. The van der Waals surface area contributed by atoms with Crippen molar-refractivity contribution in [1.82, 2.24) is 24.9 Å². The average Bonchev–Trinajstić information content (AvgIpc) is 3.25. The van der Waals surface area contributed by atoms with Crippen LogP contribution in [0.1, 0.15) is 31.4 Å². The first-order valence-corrected chi connectivity index (χ1v) is 9.35. The Morgan fingerprint density at radius 1 is 1.36 bits per heavy atom. The van der Waals surface area contributed by atoms with E-state index in [0.717, 1.165) is 36.1 Å². The number of para-hydroxylation sites is 1. The fraction of sp³-hybridized carbons (Fsp3) is 0.400. The van der Waals surface area contributed by atoms with Gasteiger partial charge in [-0.15, -0.1) is 0 Å². The molecule has 2 aromatic heterocycles. The largest absolute Gasteiger partial charge is 0.483 e. The summed E-state index contributed by atoms with van der Waals surface area (Å²) in [5.41, 5.74) is 1.91. The van der Waals surface area contributed by atoms with E-state index in [1.54, 1.807) is 10.7 Å². The van der Waals surface area contributed by atoms with Gasteiger partial charge in [-0.05, 0) is 38.3 Å². The first-order chi connectivity index (χ1) is 13.5. The number of amides is 1. The van der Waals surface area contributed by atoms with E-state index in [1.807, 2.05) is 38.2 Å². The first kappa shape index (κ1) is 18.2. The quantitative estimate of drug-likeness (QED) is 0.629. The van der Waals surface area contributed by atoms with E-state index in [4.69, 9.17) is 9.47 Å². The number of benzene rings is 1. The van der Waals surface area contributed by atoms with Gasteiger partial charge in [0.15, 0.2) is 18.1 Å². The third kappa shape index (κ3) is 4.05. The Hall–Kier alpha value is -3.16. The van der Waals surface area contributed by atoms with Crippen molar-refractivity contribution in [3.8, 4) is 11.5 Å². The van der Waals surface area contributed by atoms with Crippen LogP contribution in [0.15, 0.2) is 36.9 Å². The Kier molecular flexibility index (Phi) is 4.85. The minimum absolute atomic E-state index is 0.0350. The van der Waals surface area contributed by atoms with Crippen LogP contribution in [-0.2, 0) is 17.6 Å². The van der Waals surface area contributed by atoms with Gasteiger partial charge in [-0.2, -0.15) is 10.1 Å². The summed E-state index contributed by atoms with van der Waals surface area (Å²) >= 11 is 0. The molecule has 0 atom stereocenters. The molecular formula is C20H23N5O3. The summed E-state index contributed by atoms with van der Waals surface area (Å²) in [5.74, 6) is 1.79. The van der Waals surface area contributed by atoms with Crippen molar-refractivity contribution in [1.29, 1.82) is 0 Å². The molecule has 0 spiro atoms. The van der Waals surface area contributed by atoms with Gasteiger partial charge in [0.1, 0.15) is 11.9 Å². The van der Waals surface area contributed by atoms with Crippen LogP contribution in [0.2, 0.25) is 0 Å². The van der Waals surface area contributed by atoms with Crippen LogP contribution in [-0.4, -0.2) is 44.2 Å².